The minimum absolute atomic E-state index is 0.0406. The van der Waals surface area contributed by atoms with Crippen molar-refractivity contribution in [3.8, 4) is 5.75 Å². The molecule has 19 heavy (non-hydrogen) atoms. The summed E-state index contributed by atoms with van der Waals surface area (Å²) < 4.78 is 5.63. The van der Waals surface area contributed by atoms with E-state index >= 15 is 0 Å². The second-order valence-electron chi connectivity index (χ2n) is 4.91. The van der Waals surface area contributed by atoms with Gasteiger partial charge in [0.1, 0.15) is 5.75 Å². The van der Waals surface area contributed by atoms with Crippen LogP contribution in [0.2, 0.25) is 5.02 Å². The molecule has 2 rings (SSSR count). The summed E-state index contributed by atoms with van der Waals surface area (Å²) in [6.45, 7) is 2.22. The predicted octanol–water partition coefficient (Wildman–Crippen LogP) is 2.41. The molecule has 0 aromatic heterocycles. The highest BCUT2D eigenvalue weighted by Gasteiger charge is 2.22. The highest BCUT2D eigenvalue weighted by Crippen LogP contribution is 2.27. The van der Waals surface area contributed by atoms with E-state index in [9.17, 15) is 4.79 Å². The Bertz CT molecular complexity index is 459. The summed E-state index contributed by atoms with van der Waals surface area (Å²) in [5, 5.41) is 3.55. The predicted molar refractivity (Wildman–Crippen MR) is 75.3 cm³/mol. The van der Waals surface area contributed by atoms with Gasteiger partial charge in [0.05, 0.1) is 13.0 Å². The van der Waals surface area contributed by atoms with Crippen molar-refractivity contribution in [3.05, 3.63) is 28.8 Å². The maximum atomic E-state index is 11.5. The molecule has 1 aromatic carbocycles. The summed E-state index contributed by atoms with van der Waals surface area (Å²) in [6.07, 6.45) is 2.55. The zero-order valence-electron chi connectivity index (χ0n) is 11.0. The maximum absolute atomic E-state index is 11.5. The van der Waals surface area contributed by atoms with Gasteiger partial charge >= 0.3 is 0 Å². The average molecular weight is 283 g/mol. The molecule has 0 bridgehead atoms. The third-order valence-corrected chi connectivity index (χ3v) is 3.23. The molecule has 0 unspecified atom stereocenters. The first-order chi connectivity index (χ1) is 9.06. The maximum Gasteiger partial charge on any atom is 0.223 e. The molecule has 0 spiro atoms. The third-order valence-electron chi connectivity index (χ3n) is 2.99. The van der Waals surface area contributed by atoms with Crippen LogP contribution in [0.4, 0.5) is 0 Å². The van der Waals surface area contributed by atoms with Crippen LogP contribution < -0.4 is 15.8 Å². The van der Waals surface area contributed by atoms with E-state index in [1.54, 1.807) is 18.2 Å². The highest BCUT2D eigenvalue weighted by atomic mass is 35.5. The molecule has 5 heteroatoms. The van der Waals surface area contributed by atoms with Crippen molar-refractivity contribution >= 4 is 17.5 Å². The molecule has 3 N–H and O–H groups in total. The van der Waals surface area contributed by atoms with E-state index in [4.69, 9.17) is 22.1 Å². The summed E-state index contributed by atoms with van der Waals surface area (Å²) in [5.41, 5.74) is 6.73. The number of amides is 1. The van der Waals surface area contributed by atoms with Crippen LogP contribution in [0.1, 0.15) is 37.8 Å². The lowest BCUT2D eigenvalue weighted by atomic mass is 10.1. The van der Waals surface area contributed by atoms with Crippen LogP contribution in [0.5, 0.6) is 5.75 Å². The van der Waals surface area contributed by atoms with E-state index in [0.717, 1.165) is 18.4 Å². The Morgan fingerprint density at radius 1 is 1.58 bits per heavy atom. The summed E-state index contributed by atoms with van der Waals surface area (Å²) in [5.74, 6) is 0.734. The molecule has 1 saturated carbocycles. The number of ether oxygens (including phenoxy) is 1. The van der Waals surface area contributed by atoms with Gasteiger partial charge in [0, 0.05) is 22.7 Å². The number of halogens is 1. The Morgan fingerprint density at radius 3 is 2.95 bits per heavy atom. The van der Waals surface area contributed by atoms with Crippen molar-refractivity contribution in [2.75, 3.05) is 6.61 Å². The van der Waals surface area contributed by atoms with Crippen LogP contribution in [-0.4, -0.2) is 18.6 Å². The van der Waals surface area contributed by atoms with Gasteiger partial charge in [0.15, 0.2) is 0 Å². The number of benzene rings is 1. The van der Waals surface area contributed by atoms with Crippen LogP contribution in [0.3, 0.4) is 0 Å². The molecule has 0 aliphatic heterocycles. The lowest BCUT2D eigenvalue weighted by molar-refractivity contribution is -0.121. The molecule has 104 valence electrons. The number of nitrogens with one attached hydrogen (secondary N) is 1. The Hall–Kier alpha value is -1.26. The van der Waals surface area contributed by atoms with Crippen LogP contribution in [0, 0.1) is 0 Å². The number of carbonyl (C=O) groups is 1. The molecule has 0 radical (unpaired) electrons. The fraction of sp³-hybridized carbons (Fsp3) is 0.500. The third kappa shape index (κ3) is 4.40. The van der Waals surface area contributed by atoms with Crippen molar-refractivity contribution in [2.45, 2.75) is 38.3 Å². The van der Waals surface area contributed by atoms with Crippen molar-refractivity contribution in [3.63, 3.8) is 0 Å². The van der Waals surface area contributed by atoms with E-state index in [1.165, 1.54) is 0 Å². The molecular formula is C14H19ClN2O2. The quantitative estimate of drug-likeness (QED) is 0.842. The van der Waals surface area contributed by atoms with Crippen molar-refractivity contribution in [1.29, 1.82) is 0 Å². The van der Waals surface area contributed by atoms with E-state index < -0.39 is 0 Å². The van der Waals surface area contributed by atoms with Crippen molar-refractivity contribution in [1.82, 2.24) is 5.32 Å². The molecule has 0 heterocycles. The molecular weight excluding hydrogens is 264 g/mol. The molecule has 1 aliphatic rings. The zero-order valence-corrected chi connectivity index (χ0v) is 11.7. The van der Waals surface area contributed by atoms with Crippen molar-refractivity contribution < 1.29 is 9.53 Å². The van der Waals surface area contributed by atoms with Gasteiger partial charge in [-0.3, -0.25) is 4.79 Å². The molecule has 1 amide bonds. The van der Waals surface area contributed by atoms with E-state index in [-0.39, 0.29) is 11.9 Å². The minimum atomic E-state index is -0.158. The van der Waals surface area contributed by atoms with E-state index in [1.807, 2.05) is 6.92 Å². The van der Waals surface area contributed by atoms with Gasteiger partial charge < -0.3 is 15.8 Å². The number of carbonyl (C=O) groups excluding carboxylic acids is 1. The fourth-order valence-electron chi connectivity index (χ4n) is 1.79. The Balaban J connectivity index is 1.86. The number of rotatable bonds is 6. The average Bonchev–Trinajstić information content (AvgIpc) is 3.14. The number of hydrogen-bond donors (Lipinski definition) is 2. The second kappa shape index (κ2) is 6.26. The van der Waals surface area contributed by atoms with Gasteiger partial charge in [-0.1, -0.05) is 11.6 Å². The van der Waals surface area contributed by atoms with Crippen LogP contribution >= 0.6 is 11.6 Å². The van der Waals surface area contributed by atoms with Crippen LogP contribution in [0.25, 0.3) is 0 Å². The topological polar surface area (TPSA) is 64.3 Å². The van der Waals surface area contributed by atoms with Crippen molar-refractivity contribution in [2.24, 2.45) is 5.73 Å². The van der Waals surface area contributed by atoms with Gasteiger partial charge in [-0.05, 0) is 38.0 Å². The number of nitrogens with two attached hydrogens (primary N) is 1. The van der Waals surface area contributed by atoms with E-state index in [0.29, 0.717) is 29.8 Å². The summed E-state index contributed by atoms with van der Waals surface area (Å²) in [7, 11) is 0. The Morgan fingerprint density at radius 2 is 2.32 bits per heavy atom. The highest BCUT2D eigenvalue weighted by molar-refractivity contribution is 6.30. The van der Waals surface area contributed by atoms with E-state index in [2.05, 4.69) is 5.32 Å². The minimum Gasteiger partial charge on any atom is -0.493 e. The molecule has 4 nitrogen and oxygen atoms in total. The van der Waals surface area contributed by atoms with Gasteiger partial charge in [-0.15, -0.1) is 0 Å². The summed E-state index contributed by atoms with van der Waals surface area (Å²) in [4.78, 5) is 11.5. The fourth-order valence-corrected chi connectivity index (χ4v) is 1.97. The van der Waals surface area contributed by atoms with Gasteiger partial charge in [0.2, 0.25) is 5.91 Å². The smallest absolute Gasteiger partial charge is 0.223 e. The molecule has 0 saturated heterocycles. The first-order valence-electron chi connectivity index (χ1n) is 6.53. The molecule has 1 atom stereocenters. The van der Waals surface area contributed by atoms with Gasteiger partial charge in [-0.2, -0.15) is 0 Å². The summed E-state index contributed by atoms with van der Waals surface area (Å²) in [6, 6.07) is 5.58. The number of hydrogen-bond acceptors (Lipinski definition) is 3. The standard InChI is InChI=1S/C14H19ClN2O2/c1-9(16)12-8-10(15)2-5-13(12)19-7-6-14(18)17-11-3-4-11/h2,5,8-9,11H,3-4,6-7,16H2,1H3,(H,17,18)/t9-/m0/s1. The SMILES string of the molecule is C[C@H](N)c1cc(Cl)ccc1OCCC(=O)NC1CC1. The monoisotopic (exact) mass is 282 g/mol. The lowest BCUT2D eigenvalue weighted by Gasteiger charge is -2.14. The normalized spacial score (nSPS) is 15.9. The zero-order chi connectivity index (χ0) is 13.8. The summed E-state index contributed by atoms with van der Waals surface area (Å²) >= 11 is 5.93. The first kappa shape index (κ1) is 14.2. The van der Waals surface area contributed by atoms with Gasteiger partial charge in [-0.25, -0.2) is 0 Å². The van der Waals surface area contributed by atoms with Crippen LogP contribution in [-0.2, 0) is 4.79 Å². The van der Waals surface area contributed by atoms with Crippen LogP contribution in [0.15, 0.2) is 18.2 Å². The largest absolute Gasteiger partial charge is 0.493 e. The molecule has 1 aliphatic carbocycles. The Labute approximate surface area is 118 Å². The lowest BCUT2D eigenvalue weighted by Crippen LogP contribution is -2.26. The second-order valence-corrected chi connectivity index (χ2v) is 5.35. The first-order valence-corrected chi connectivity index (χ1v) is 6.91. The van der Waals surface area contributed by atoms with Gasteiger partial charge in [0.25, 0.3) is 0 Å². The molecule has 1 aromatic rings. The molecule has 1 fully saturated rings. The Kier molecular flexibility index (Phi) is 4.66.